The molecule has 6 nitrogen and oxygen atoms in total. The quantitative estimate of drug-likeness (QED) is 0.707. The van der Waals surface area contributed by atoms with E-state index in [4.69, 9.17) is 0 Å². The van der Waals surface area contributed by atoms with E-state index < -0.39 is 5.82 Å². The number of aliphatic hydroxyl groups is 1. The van der Waals surface area contributed by atoms with Crippen LogP contribution in [0.1, 0.15) is 22.6 Å². The number of H-pyrrole nitrogens is 1. The molecule has 3 aromatic rings. The van der Waals surface area contributed by atoms with E-state index in [0.717, 1.165) is 17.0 Å². The van der Waals surface area contributed by atoms with Gasteiger partial charge >= 0.3 is 0 Å². The predicted octanol–water partition coefficient (Wildman–Crippen LogP) is 2.01. The van der Waals surface area contributed by atoms with Gasteiger partial charge in [0.25, 0.3) is 0 Å². The molecule has 1 aromatic carbocycles. The monoisotopic (exact) mass is 358 g/mol. The third-order valence-electron chi connectivity index (χ3n) is 4.72. The van der Waals surface area contributed by atoms with Crippen molar-refractivity contribution < 1.29 is 9.50 Å². The summed E-state index contributed by atoms with van der Waals surface area (Å²) in [6.07, 6.45) is 0. The van der Waals surface area contributed by atoms with Gasteiger partial charge in [-0.25, -0.2) is 4.39 Å². The van der Waals surface area contributed by atoms with Crippen molar-refractivity contribution in [3.8, 4) is 0 Å². The van der Waals surface area contributed by atoms with E-state index in [-0.39, 0.29) is 17.6 Å². The van der Waals surface area contributed by atoms with Crippen molar-refractivity contribution in [1.82, 2.24) is 19.7 Å². The molecule has 0 radical (unpaired) electrons. The van der Waals surface area contributed by atoms with Crippen LogP contribution in [0.5, 0.6) is 0 Å². The third-order valence-corrected chi connectivity index (χ3v) is 4.72. The van der Waals surface area contributed by atoms with Gasteiger partial charge < -0.3 is 10.1 Å². The number of hydrogen-bond donors (Lipinski definition) is 2. The summed E-state index contributed by atoms with van der Waals surface area (Å²) in [5, 5.41) is 14.2. The standard InChI is InChI=1S/C19H23FN4O2/c1-12-16(13(2)23(3)22-12)11-24(7-8-25)10-14-9-18(26)15-5-4-6-17(20)19(15)21-14/h4-6,9,25H,7-8,10-11H2,1-3H3,(H,21,26). The number of aliphatic hydroxyl groups excluding tert-OH is 1. The van der Waals surface area contributed by atoms with Crippen LogP contribution < -0.4 is 5.43 Å². The molecule has 0 fully saturated rings. The molecule has 0 aliphatic rings. The average Bonchev–Trinajstić information content (AvgIpc) is 2.82. The second-order valence-corrected chi connectivity index (χ2v) is 6.53. The molecule has 3 rings (SSSR count). The van der Waals surface area contributed by atoms with E-state index in [1.165, 1.54) is 18.2 Å². The number of rotatable bonds is 6. The molecule has 0 saturated heterocycles. The van der Waals surface area contributed by atoms with Crippen molar-refractivity contribution in [2.75, 3.05) is 13.2 Å². The second kappa shape index (κ2) is 7.39. The van der Waals surface area contributed by atoms with Crippen molar-refractivity contribution in [1.29, 1.82) is 0 Å². The van der Waals surface area contributed by atoms with Crippen LogP contribution in [-0.2, 0) is 20.1 Å². The number of nitrogens with zero attached hydrogens (tertiary/aromatic N) is 3. The van der Waals surface area contributed by atoms with E-state index in [0.29, 0.717) is 30.7 Å². The Morgan fingerprint density at radius 3 is 2.73 bits per heavy atom. The first-order valence-corrected chi connectivity index (χ1v) is 8.53. The summed E-state index contributed by atoms with van der Waals surface area (Å²) >= 11 is 0. The minimum atomic E-state index is -0.450. The molecule has 2 heterocycles. The Morgan fingerprint density at radius 2 is 2.08 bits per heavy atom. The largest absolute Gasteiger partial charge is 0.395 e. The van der Waals surface area contributed by atoms with E-state index in [2.05, 4.69) is 10.1 Å². The van der Waals surface area contributed by atoms with Crippen molar-refractivity contribution in [3.63, 3.8) is 0 Å². The SMILES string of the molecule is Cc1nn(C)c(C)c1CN(CCO)Cc1cc(=O)c2cccc(F)c2[nH]1. The van der Waals surface area contributed by atoms with Gasteiger partial charge in [-0.1, -0.05) is 6.07 Å². The van der Waals surface area contributed by atoms with Crippen LogP contribution in [0.15, 0.2) is 29.1 Å². The van der Waals surface area contributed by atoms with Gasteiger partial charge in [0.15, 0.2) is 5.43 Å². The van der Waals surface area contributed by atoms with Crippen LogP contribution >= 0.6 is 0 Å². The highest BCUT2D eigenvalue weighted by Gasteiger charge is 2.15. The van der Waals surface area contributed by atoms with Crippen molar-refractivity contribution in [2.24, 2.45) is 7.05 Å². The zero-order valence-electron chi connectivity index (χ0n) is 15.2. The zero-order valence-corrected chi connectivity index (χ0v) is 15.2. The molecule has 0 bridgehead atoms. The number of aromatic nitrogens is 3. The number of benzene rings is 1. The minimum Gasteiger partial charge on any atom is -0.395 e. The summed E-state index contributed by atoms with van der Waals surface area (Å²) < 4.78 is 15.9. The lowest BCUT2D eigenvalue weighted by Gasteiger charge is -2.22. The van der Waals surface area contributed by atoms with Crippen LogP contribution in [0.25, 0.3) is 10.9 Å². The number of nitrogens with one attached hydrogen (secondary N) is 1. The number of hydrogen-bond acceptors (Lipinski definition) is 4. The first-order chi connectivity index (χ1) is 12.4. The fourth-order valence-electron chi connectivity index (χ4n) is 3.24. The molecular weight excluding hydrogens is 335 g/mol. The lowest BCUT2D eigenvalue weighted by Crippen LogP contribution is -2.27. The van der Waals surface area contributed by atoms with Crippen LogP contribution in [0.4, 0.5) is 4.39 Å². The fourth-order valence-corrected chi connectivity index (χ4v) is 3.24. The first kappa shape index (κ1) is 18.3. The van der Waals surface area contributed by atoms with E-state index in [9.17, 15) is 14.3 Å². The topological polar surface area (TPSA) is 74.2 Å². The molecule has 0 spiro atoms. The van der Waals surface area contributed by atoms with Gasteiger partial charge in [0, 0.05) is 55.1 Å². The molecule has 0 aliphatic heterocycles. The highest BCUT2D eigenvalue weighted by molar-refractivity contribution is 5.78. The summed E-state index contributed by atoms with van der Waals surface area (Å²) in [4.78, 5) is 17.3. The maximum Gasteiger partial charge on any atom is 0.189 e. The molecule has 7 heteroatoms. The van der Waals surface area contributed by atoms with Crippen molar-refractivity contribution >= 4 is 10.9 Å². The molecule has 138 valence electrons. The van der Waals surface area contributed by atoms with Crippen LogP contribution in [-0.4, -0.2) is 37.9 Å². The molecule has 0 atom stereocenters. The Morgan fingerprint density at radius 1 is 1.31 bits per heavy atom. The van der Waals surface area contributed by atoms with Crippen LogP contribution in [0, 0.1) is 19.7 Å². The van der Waals surface area contributed by atoms with Gasteiger partial charge in [-0.2, -0.15) is 5.10 Å². The number of halogens is 1. The molecule has 2 aromatic heterocycles. The molecule has 0 saturated carbocycles. The number of aryl methyl sites for hydroxylation is 2. The van der Waals surface area contributed by atoms with Gasteiger partial charge in [0.05, 0.1) is 17.8 Å². The van der Waals surface area contributed by atoms with Crippen LogP contribution in [0.3, 0.4) is 0 Å². The smallest absolute Gasteiger partial charge is 0.189 e. The summed E-state index contributed by atoms with van der Waals surface area (Å²) in [5.41, 5.74) is 3.70. The lowest BCUT2D eigenvalue weighted by molar-refractivity contribution is 0.182. The van der Waals surface area contributed by atoms with Gasteiger partial charge in [-0.3, -0.25) is 14.4 Å². The predicted molar refractivity (Wildman–Crippen MR) is 98.4 cm³/mol. The van der Waals surface area contributed by atoms with Gasteiger partial charge in [-0.15, -0.1) is 0 Å². The highest BCUT2D eigenvalue weighted by atomic mass is 19.1. The summed E-state index contributed by atoms with van der Waals surface area (Å²) in [6.45, 7) is 5.36. The normalized spacial score (nSPS) is 11.6. The van der Waals surface area contributed by atoms with E-state index >= 15 is 0 Å². The number of pyridine rings is 1. The van der Waals surface area contributed by atoms with Crippen molar-refractivity contribution in [3.05, 3.63) is 63.0 Å². The van der Waals surface area contributed by atoms with Crippen LogP contribution in [0.2, 0.25) is 0 Å². The van der Waals surface area contributed by atoms with E-state index in [1.807, 2.05) is 30.5 Å². The van der Waals surface area contributed by atoms with Gasteiger partial charge in [-0.05, 0) is 26.0 Å². The Hall–Kier alpha value is -2.51. The summed E-state index contributed by atoms with van der Waals surface area (Å²) in [5.74, 6) is -0.450. The Labute approximate surface area is 150 Å². The van der Waals surface area contributed by atoms with Gasteiger partial charge in [0.2, 0.25) is 0 Å². The molecule has 2 N–H and O–H groups in total. The van der Waals surface area contributed by atoms with Crippen molar-refractivity contribution in [2.45, 2.75) is 26.9 Å². The maximum absolute atomic E-state index is 14.1. The first-order valence-electron chi connectivity index (χ1n) is 8.53. The molecule has 0 amide bonds. The summed E-state index contributed by atoms with van der Waals surface area (Å²) in [7, 11) is 1.89. The number of fused-ring (bicyclic) bond motifs is 1. The highest BCUT2D eigenvalue weighted by Crippen LogP contribution is 2.17. The second-order valence-electron chi connectivity index (χ2n) is 6.53. The number of aromatic amines is 1. The molecule has 0 aliphatic carbocycles. The Kier molecular flexibility index (Phi) is 5.20. The lowest BCUT2D eigenvalue weighted by atomic mass is 10.1. The average molecular weight is 358 g/mol. The molecule has 26 heavy (non-hydrogen) atoms. The Balaban J connectivity index is 1.92. The fraction of sp³-hybridized carbons (Fsp3) is 0.368. The minimum absolute atomic E-state index is 0.00939. The number of para-hydroxylation sites is 1. The van der Waals surface area contributed by atoms with Gasteiger partial charge in [0.1, 0.15) is 5.82 Å². The molecule has 0 unspecified atom stereocenters. The molecular formula is C19H23FN4O2. The Bertz CT molecular complexity index is 993. The maximum atomic E-state index is 14.1. The van der Waals surface area contributed by atoms with E-state index in [1.54, 1.807) is 6.07 Å². The zero-order chi connectivity index (χ0) is 18.8. The third kappa shape index (κ3) is 3.54. The summed E-state index contributed by atoms with van der Waals surface area (Å²) in [6, 6.07) is 5.96.